The molecule has 5 nitrogen and oxygen atoms in total. The molecule has 1 fully saturated rings. The molecule has 5 heteroatoms. The van der Waals surface area contributed by atoms with E-state index in [2.05, 4.69) is 39.3 Å². The highest BCUT2D eigenvalue weighted by Gasteiger charge is 2.14. The molecule has 1 aliphatic rings. The van der Waals surface area contributed by atoms with Crippen LogP contribution in [0.3, 0.4) is 0 Å². The van der Waals surface area contributed by atoms with E-state index in [0.29, 0.717) is 5.92 Å². The number of aryl methyl sites for hydroxylation is 1. The molecular formula is C15H27N5. The third-order valence-electron chi connectivity index (χ3n) is 3.75. The summed E-state index contributed by atoms with van der Waals surface area (Å²) in [6.45, 7) is 9.04. The van der Waals surface area contributed by atoms with Gasteiger partial charge in [0, 0.05) is 32.6 Å². The summed E-state index contributed by atoms with van der Waals surface area (Å²) in [5.74, 6) is 3.32. The number of aromatic nitrogens is 2. The second kappa shape index (κ2) is 7.43. The highest BCUT2D eigenvalue weighted by Crippen LogP contribution is 2.13. The Hall–Kier alpha value is -1.36. The Morgan fingerprint density at radius 3 is 2.60 bits per heavy atom. The summed E-state index contributed by atoms with van der Waals surface area (Å²) in [7, 11) is 1.89. The lowest BCUT2D eigenvalue weighted by Crippen LogP contribution is -2.29. The van der Waals surface area contributed by atoms with Crippen molar-refractivity contribution in [3.8, 4) is 0 Å². The van der Waals surface area contributed by atoms with Crippen LogP contribution in [0.2, 0.25) is 0 Å². The number of hydrogen-bond donors (Lipinski definition) is 2. The molecule has 0 spiro atoms. The smallest absolute Gasteiger partial charge is 0.132 e. The van der Waals surface area contributed by atoms with Gasteiger partial charge in [0.05, 0.1) is 0 Å². The number of likely N-dealkylation sites (tertiary alicyclic amines) is 1. The Balaban J connectivity index is 1.85. The Kier molecular flexibility index (Phi) is 5.59. The minimum atomic E-state index is 0.631. The average Bonchev–Trinajstić information content (AvgIpc) is 2.97. The number of nitrogens with zero attached hydrogens (tertiary/aromatic N) is 3. The highest BCUT2D eigenvalue weighted by molar-refractivity contribution is 5.47. The predicted molar refractivity (Wildman–Crippen MR) is 84.3 cm³/mol. The zero-order valence-electron chi connectivity index (χ0n) is 12.9. The van der Waals surface area contributed by atoms with Gasteiger partial charge in [-0.3, -0.25) is 0 Å². The third kappa shape index (κ3) is 4.34. The molecule has 0 aliphatic carbocycles. The van der Waals surface area contributed by atoms with Crippen molar-refractivity contribution in [3.05, 3.63) is 11.9 Å². The van der Waals surface area contributed by atoms with Gasteiger partial charge in [0.15, 0.2) is 0 Å². The molecule has 2 rings (SSSR count). The van der Waals surface area contributed by atoms with Crippen LogP contribution >= 0.6 is 0 Å². The van der Waals surface area contributed by atoms with Gasteiger partial charge in [-0.25, -0.2) is 9.97 Å². The minimum absolute atomic E-state index is 0.631. The molecule has 1 unspecified atom stereocenters. The summed E-state index contributed by atoms with van der Waals surface area (Å²) in [4.78, 5) is 11.5. The standard InChI is InChI=1S/C15H27N5/c1-4-13-18-14(16-3)9-15(19-13)17-10-12(2)11-20-7-5-6-8-20/h9,12H,4-8,10-11H2,1-3H3,(H2,16,17,18,19). The van der Waals surface area contributed by atoms with Crippen LogP contribution in [0.1, 0.15) is 32.5 Å². The second-order valence-corrected chi connectivity index (χ2v) is 5.65. The normalized spacial score (nSPS) is 17.1. The van der Waals surface area contributed by atoms with E-state index >= 15 is 0 Å². The molecule has 1 aromatic rings. The van der Waals surface area contributed by atoms with Gasteiger partial charge in [-0.05, 0) is 31.8 Å². The molecule has 1 aromatic heterocycles. The fraction of sp³-hybridized carbons (Fsp3) is 0.733. The molecule has 20 heavy (non-hydrogen) atoms. The molecule has 0 bridgehead atoms. The van der Waals surface area contributed by atoms with Gasteiger partial charge in [0.2, 0.25) is 0 Å². The Labute approximate surface area is 122 Å². The van der Waals surface area contributed by atoms with Crippen LogP contribution in [0.5, 0.6) is 0 Å². The van der Waals surface area contributed by atoms with Crippen molar-refractivity contribution in [1.82, 2.24) is 14.9 Å². The summed E-state index contributed by atoms with van der Waals surface area (Å²) < 4.78 is 0. The lowest BCUT2D eigenvalue weighted by Gasteiger charge is -2.20. The molecule has 112 valence electrons. The summed E-state index contributed by atoms with van der Waals surface area (Å²) in [5, 5.41) is 6.54. The molecular weight excluding hydrogens is 250 g/mol. The molecule has 1 atom stereocenters. The summed E-state index contributed by atoms with van der Waals surface area (Å²) >= 11 is 0. The molecule has 0 amide bonds. The van der Waals surface area contributed by atoms with Gasteiger partial charge >= 0.3 is 0 Å². The van der Waals surface area contributed by atoms with Crippen LogP contribution in [0.4, 0.5) is 11.6 Å². The first-order chi connectivity index (χ1) is 9.71. The van der Waals surface area contributed by atoms with E-state index in [9.17, 15) is 0 Å². The number of nitrogens with one attached hydrogen (secondary N) is 2. The van der Waals surface area contributed by atoms with Gasteiger partial charge in [0.25, 0.3) is 0 Å². The van der Waals surface area contributed by atoms with Crippen molar-refractivity contribution in [3.63, 3.8) is 0 Å². The number of rotatable bonds is 7. The van der Waals surface area contributed by atoms with Crippen molar-refractivity contribution in [1.29, 1.82) is 0 Å². The highest BCUT2D eigenvalue weighted by atomic mass is 15.1. The van der Waals surface area contributed by atoms with E-state index in [0.717, 1.165) is 30.4 Å². The second-order valence-electron chi connectivity index (χ2n) is 5.65. The summed E-state index contributed by atoms with van der Waals surface area (Å²) in [6, 6.07) is 1.97. The van der Waals surface area contributed by atoms with Crippen LogP contribution in [0.15, 0.2) is 6.07 Å². The van der Waals surface area contributed by atoms with E-state index in [1.54, 1.807) is 0 Å². The Morgan fingerprint density at radius 2 is 1.95 bits per heavy atom. The SMILES string of the molecule is CCc1nc(NC)cc(NCC(C)CN2CCCC2)n1. The van der Waals surface area contributed by atoms with Crippen molar-refractivity contribution in [2.24, 2.45) is 5.92 Å². The van der Waals surface area contributed by atoms with Crippen LogP contribution in [-0.2, 0) is 6.42 Å². The summed E-state index contributed by atoms with van der Waals surface area (Å²) in [6.07, 6.45) is 3.57. The van der Waals surface area contributed by atoms with Gasteiger partial charge in [-0.1, -0.05) is 13.8 Å². The molecule has 0 saturated carbocycles. The van der Waals surface area contributed by atoms with Crippen LogP contribution in [0.25, 0.3) is 0 Å². The lowest BCUT2D eigenvalue weighted by molar-refractivity contribution is 0.294. The Bertz CT molecular complexity index is 392. The maximum atomic E-state index is 4.53. The van der Waals surface area contributed by atoms with Crippen LogP contribution in [-0.4, -0.2) is 48.1 Å². The summed E-state index contributed by atoms with van der Waals surface area (Å²) in [5.41, 5.74) is 0. The molecule has 0 aromatic carbocycles. The first-order valence-corrected chi connectivity index (χ1v) is 7.73. The zero-order valence-corrected chi connectivity index (χ0v) is 12.9. The predicted octanol–water partition coefficient (Wildman–Crippen LogP) is 2.22. The van der Waals surface area contributed by atoms with E-state index in [1.165, 1.54) is 32.5 Å². The maximum absolute atomic E-state index is 4.53. The monoisotopic (exact) mass is 277 g/mol. The largest absolute Gasteiger partial charge is 0.373 e. The first kappa shape index (κ1) is 15.0. The maximum Gasteiger partial charge on any atom is 0.132 e. The molecule has 0 radical (unpaired) electrons. The van der Waals surface area contributed by atoms with Crippen LogP contribution in [0, 0.1) is 5.92 Å². The first-order valence-electron chi connectivity index (χ1n) is 7.73. The van der Waals surface area contributed by atoms with Gasteiger partial charge in [-0.2, -0.15) is 0 Å². The number of anilines is 2. The third-order valence-corrected chi connectivity index (χ3v) is 3.75. The zero-order chi connectivity index (χ0) is 14.4. The topological polar surface area (TPSA) is 53.1 Å². The van der Waals surface area contributed by atoms with Crippen molar-refractivity contribution in [2.75, 3.05) is 43.9 Å². The van der Waals surface area contributed by atoms with E-state index in [-0.39, 0.29) is 0 Å². The fourth-order valence-corrected chi connectivity index (χ4v) is 2.62. The molecule has 1 saturated heterocycles. The Morgan fingerprint density at radius 1 is 1.25 bits per heavy atom. The van der Waals surface area contributed by atoms with Gasteiger partial charge in [-0.15, -0.1) is 0 Å². The minimum Gasteiger partial charge on any atom is -0.373 e. The van der Waals surface area contributed by atoms with Crippen molar-refractivity contribution < 1.29 is 0 Å². The van der Waals surface area contributed by atoms with E-state index in [1.807, 2.05) is 13.1 Å². The van der Waals surface area contributed by atoms with Crippen molar-refractivity contribution >= 4 is 11.6 Å². The molecule has 2 N–H and O–H groups in total. The van der Waals surface area contributed by atoms with E-state index in [4.69, 9.17) is 0 Å². The van der Waals surface area contributed by atoms with E-state index < -0.39 is 0 Å². The fourth-order valence-electron chi connectivity index (χ4n) is 2.62. The van der Waals surface area contributed by atoms with Gasteiger partial charge in [0.1, 0.15) is 17.5 Å². The number of hydrogen-bond acceptors (Lipinski definition) is 5. The van der Waals surface area contributed by atoms with Gasteiger partial charge < -0.3 is 15.5 Å². The molecule has 2 heterocycles. The van der Waals surface area contributed by atoms with Crippen LogP contribution < -0.4 is 10.6 Å². The quantitative estimate of drug-likeness (QED) is 0.800. The van der Waals surface area contributed by atoms with Crippen molar-refractivity contribution in [2.45, 2.75) is 33.1 Å². The molecule has 1 aliphatic heterocycles. The average molecular weight is 277 g/mol. The lowest BCUT2D eigenvalue weighted by atomic mass is 10.1.